The molecule has 0 aromatic heterocycles. The Kier molecular flexibility index (Phi) is 8.32. The quantitative estimate of drug-likeness (QED) is 0.176. The summed E-state index contributed by atoms with van der Waals surface area (Å²) in [7, 11) is 1.45. The number of carbonyl (C=O) groups excluding carboxylic acids is 2. The van der Waals surface area contributed by atoms with Gasteiger partial charge >= 0.3 is 0 Å². The number of rotatable bonds is 10. The molecule has 0 unspecified atom stereocenters. The smallest absolute Gasteiger partial charge is 0.293 e. The normalized spacial score (nSPS) is 14.2. The highest BCUT2D eigenvalue weighted by atomic mass is 35.5. The first-order valence-corrected chi connectivity index (χ1v) is 12.2. The minimum absolute atomic E-state index is 0.0168. The molecule has 4 rings (SSSR count). The summed E-state index contributed by atoms with van der Waals surface area (Å²) in [5.74, 6) is 0.852. The molecule has 0 bridgehead atoms. The average molecular weight is 541 g/mol. The van der Waals surface area contributed by atoms with E-state index >= 15 is 0 Å². The van der Waals surface area contributed by atoms with Crippen molar-refractivity contribution in [2.24, 2.45) is 0 Å². The highest BCUT2D eigenvalue weighted by Gasteiger charge is 2.35. The molecule has 0 aliphatic carbocycles. The van der Waals surface area contributed by atoms with E-state index in [4.69, 9.17) is 25.8 Å². The Hall–Kier alpha value is -4.02. The maximum atomic E-state index is 12.8. The number of hydrogen-bond donors (Lipinski definition) is 0. The Morgan fingerprint density at radius 2 is 1.78 bits per heavy atom. The van der Waals surface area contributed by atoms with Crippen LogP contribution in [0.4, 0.5) is 10.5 Å². The Bertz CT molecular complexity index is 1350. The molecule has 0 radical (unpaired) electrons. The van der Waals surface area contributed by atoms with E-state index in [0.717, 1.165) is 16.7 Å². The minimum Gasteiger partial charge on any atom is -0.493 e. The molecule has 0 spiro atoms. The molecule has 0 atom stereocenters. The van der Waals surface area contributed by atoms with E-state index in [1.807, 2.05) is 18.2 Å². The number of thioether (sulfide) groups is 1. The monoisotopic (exact) mass is 540 g/mol. The van der Waals surface area contributed by atoms with Crippen LogP contribution in [0.2, 0.25) is 5.02 Å². The summed E-state index contributed by atoms with van der Waals surface area (Å²) in [5.41, 5.74) is 1.24. The number of non-ortho nitro benzene ring substituents is 1. The van der Waals surface area contributed by atoms with Gasteiger partial charge in [-0.1, -0.05) is 29.8 Å². The number of hydrogen-bond acceptors (Lipinski definition) is 8. The molecule has 1 aliphatic rings. The second kappa shape index (κ2) is 11.8. The van der Waals surface area contributed by atoms with Crippen LogP contribution in [-0.2, 0) is 11.4 Å². The third-order valence-corrected chi connectivity index (χ3v) is 6.47. The van der Waals surface area contributed by atoms with Gasteiger partial charge in [-0.3, -0.25) is 24.6 Å². The number of nitro groups is 1. The molecule has 3 aromatic carbocycles. The van der Waals surface area contributed by atoms with E-state index in [1.54, 1.807) is 42.5 Å². The standard InChI is InChI=1S/C26H21ClN2O7S/c1-34-22-14-18(13-21(27)24(22)36-16-17-7-9-19(10-8-17)29(32)33)15-23-25(30)28(26(31)37-23)11-12-35-20-5-3-2-4-6-20/h2-10,13-15H,11-12,16H2,1H3/b23-15-. The second-order valence-corrected chi connectivity index (χ2v) is 9.14. The first-order valence-electron chi connectivity index (χ1n) is 11.0. The first-order chi connectivity index (χ1) is 17.9. The van der Waals surface area contributed by atoms with Crippen molar-refractivity contribution in [3.63, 3.8) is 0 Å². The highest BCUT2D eigenvalue weighted by molar-refractivity contribution is 8.18. The van der Waals surface area contributed by atoms with Crippen LogP contribution in [0.15, 0.2) is 71.6 Å². The number of amides is 2. The second-order valence-electron chi connectivity index (χ2n) is 7.74. The molecule has 3 aromatic rings. The van der Waals surface area contributed by atoms with Crippen molar-refractivity contribution in [3.05, 3.63) is 97.9 Å². The topological polar surface area (TPSA) is 108 Å². The number of nitro benzene ring substituents is 1. The molecule has 1 aliphatic heterocycles. The molecule has 0 saturated carbocycles. The van der Waals surface area contributed by atoms with E-state index in [-0.39, 0.29) is 46.4 Å². The summed E-state index contributed by atoms with van der Waals surface area (Å²) in [6.45, 7) is 0.406. The van der Waals surface area contributed by atoms with Crippen molar-refractivity contribution in [2.75, 3.05) is 20.3 Å². The number of halogens is 1. The van der Waals surface area contributed by atoms with Crippen molar-refractivity contribution >= 4 is 46.3 Å². The number of benzene rings is 3. The minimum atomic E-state index is -0.476. The number of methoxy groups -OCH3 is 1. The van der Waals surface area contributed by atoms with Gasteiger partial charge in [0.2, 0.25) is 0 Å². The van der Waals surface area contributed by atoms with Gasteiger partial charge in [-0.25, -0.2) is 0 Å². The molecule has 1 fully saturated rings. The molecule has 1 heterocycles. The van der Waals surface area contributed by atoms with Gasteiger partial charge in [0.25, 0.3) is 16.8 Å². The van der Waals surface area contributed by atoms with Crippen molar-refractivity contribution in [2.45, 2.75) is 6.61 Å². The van der Waals surface area contributed by atoms with Crippen molar-refractivity contribution < 1.29 is 28.7 Å². The lowest BCUT2D eigenvalue weighted by atomic mass is 10.1. The zero-order valence-corrected chi connectivity index (χ0v) is 21.2. The van der Waals surface area contributed by atoms with Gasteiger partial charge in [-0.15, -0.1) is 0 Å². The molecule has 37 heavy (non-hydrogen) atoms. The largest absolute Gasteiger partial charge is 0.493 e. The van der Waals surface area contributed by atoms with Crippen LogP contribution in [0.3, 0.4) is 0 Å². The van der Waals surface area contributed by atoms with E-state index in [1.165, 1.54) is 19.2 Å². The lowest BCUT2D eigenvalue weighted by molar-refractivity contribution is -0.384. The van der Waals surface area contributed by atoms with Crippen LogP contribution >= 0.6 is 23.4 Å². The number of imide groups is 1. The van der Waals surface area contributed by atoms with Gasteiger partial charge in [0.15, 0.2) is 11.5 Å². The maximum Gasteiger partial charge on any atom is 0.293 e. The molecule has 11 heteroatoms. The summed E-state index contributed by atoms with van der Waals surface area (Å²) in [6.07, 6.45) is 1.57. The summed E-state index contributed by atoms with van der Waals surface area (Å²) in [5, 5.41) is 10.7. The number of para-hydroxylation sites is 1. The van der Waals surface area contributed by atoms with E-state index in [9.17, 15) is 19.7 Å². The van der Waals surface area contributed by atoms with Crippen molar-refractivity contribution in [1.29, 1.82) is 0 Å². The predicted octanol–water partition coefficient (Wildman–Crippen LogP) is 5.95. The van der Waals surface area contributed by atoms with Crippen LogP contribution in [0.1, 0.15) is 11.1 Å². The zero-order valence-electron chi connectivity index (χ0n) is 19.6. The van der Waals surface area contributed by atoms with Gasteiger partial charge in [0.1, 0.15) is 19.0 Å². The molecule has 2 amide bonds. The number of ether oxygens (including phenoxy) is 3. The van der Waals surface area contributed by atoms with Gasteiger partial charge in [-0.2, -0.15) is 0 Å². The Morgan fingerprint density at radius 1 is 1.05 bits per heavy atom. The fraction of sp³-hybridized carbons (Fsp3) is 0.154. The van der Waals surface area contributed by atoms with Gasteiger partial charge < -0.3 is 14.2 Å². The molecule has 9 nitrogen and oxygen atoms in total. The number of carbonyl (C=O) groups is 2. The maximum absolute atomic E-state index is 12.8. The predicted molar refractivity (Wildman–Crippen MR) is 140 cm³/mol. The third-order valence-electron chi connectivity index (χ3n) is 5.28. The Balaban J connectivity index is 1.43. The summed E-state index contributed by atoms with van der Waals surface area (Å²) >= 11 is 7.28. The summed E-state index contributed by atoms with van der Waals surface area (Å²) in [4.78, 5) is 37.0. The third kappa shape index (κ3) is 6.41. The average Bonchev–Trinajstić information content (AvgIpc) is 3.16. The molecular weight excluding hydrogens is 520 g/mol. The van der Waals surface area contributed by atoms with E-state index in [0.29, 0.717) is 22.6 Å². The van der Waals surface area contributed by atoms with Crippen LogP contribution in [0.5, 0.6) is 17.2 Å². The van der Waals surface area contributed by atoms with Gasteiger partial charge in [0, 0.05) is 12.1 Å². The molecular formula is C26H21ClN2O7S. The lowest BCUT2D eigenvalue weighted by Gasteiger charge is -2.14. The number of nitrogens with zero attached hydrogens (tertiary/aromatic N) is 2. The van der Waals surface area contributed by atoms with Gasteiger partial charge in [-0.05, 0) is 65.4 Å². The van der Waals surface area contributed by atoms with Crippen molar-refractivity contribution in [3.8, 4) is 17.2 Å². The Labute approximate surface area is 221 Å². The van der Waals surface area contributed by atoms with Crippen LogP contribution < -0.4 is 14.2 Å². The zero-order chi connectivity index (χ0) is 26.4. The van der Waals surface area contributed by atoms with Crippen LogP contribution in [0, 0.1) is 10.1 Å². The van der Waals surface area contributed by atoms with Crippen LogP contribution in [0.25, 0.3) is 6.08 Å². The van der Waals surface area contributed by atoms with E-state index in [2.05, 4.69) is 0 Å². The molecule has 1 saturated heterocycles. The Morgan fingerprint density at radius 3 is 2.46 bits per heavy atom. The summed E-state index contributed by atoms with van der Waals surface area (Å²) in [6, 6.07) is 18.3. The fourth-order valence-electron chi connectivity index (χ4n) is 3.45. The van der Waals surface area contributed by atoms with Crippen molar-refractivity contribution in [1.82, 2.24) is 4.90 Å². The van der Waals surface area contributed by atoms with Gasteiger partial charge in [0.05, 0.1) is 28.5 Å². The fourth-order valence-corrected chi connectivity index (χ4v) is 4.59. The summed E-state index contributed by atoms with van der Waals surface area (Å²) < 4.78 is 16.8. The van der Waals surface area contributed by atoms with Crippen LogP contribution in [-0.4, -0.2) is 41.2 Å². The first kappa shape index (κ1) is 26.1. The molecule has 0 N–H and O–H groups in total. The SMILES string of the molecule is COc1cc(/C=C2\SC(=O)N(CCOc3ccccc3)C2=O)cc(Cl)c1OCc1ccc([N+](=O)[O-])cc1. The highest BCUT2D eigenvalue weighted by Crippen LogP contribution is 2.39. The van der Waals surface area contributed by atoms with E-state index < -0.39 is 10.8 Å². The molecule has 190 valence electrons. The lowest BCUT2D eigenvalue weighted by Crippen LogP contribution is -2.32.